The number of nitrogens with one attached hydrogen (secondary N) is 1. The lowest BCUT2D eigenvalue weighted by Gasteiger charge is -2.10. The molecular formula is C15H18BrN3S. The Labute approximate surface area is 132 Å². The molecule has 2 aromatic rings. The average molecular weight is 352 g/mol. The van der Waals surface area contributed by atoms with Gasteiger partial charge in [-0.3, -0.25) is 0 Å². The largest absolute Gasteiger partial charge is 0.310 e. The molecule has 0 radical (unpaired) electrons. The van der Waals surface area contributed by atoms with E-state index in [0.717, 1.165) is 26.6 Å². The zero-order valence-corrected chi connectivity index (χ0v) is 14.3. The highest BCUT2D eigenvalue weighted by molar-refractivity contribution is 9.10. The number of nitrogens with zero attached hydrogens (tertiary/aromatic N) is 2. The molecule has 106 valence electrons. The summed E-state index contributed by atoms with van der Waals surface area (Å²) in [5, 5.41) is 4.18. The van der Waals surface area contributed by atoms with Crippen molar-refractivity contribution in [2.45, 2.75) is 43.4 Å². The van der Waals surface area contributed by atoms with E-state index >= 15 is 0 Å². The van der Waals surface area contributed by atoms with Gasteiger partial charge in [-0.15, -0.1) is 0 Å². The molecule has 0 aliphatic heterocycles. The van der Waals surface area contributed by atoms with Crippen LogP contribution in [0.3, 0.4) is 0 Å². The van der Waals surface area contributed by atoms with Gasteiger partial charge in [0.2, 0.25) is 0 Å². The Balaban J connectivity index is 2.07. The summed E-state index contributed by atoms with van der Waals surface area (Å²) in [7, 11) is 0. The first-order valence-electron chi connectivity index (χ1n) is 6.53. The lowest BCUT2D eigenvalue weighted by Crippen LogP contribution is -2.21. The third-order valence-corrected chi connectivity index (χ3v) is 4.56. The number of rotatable bonds is 5. The number of halogens is 1. The average Bonchev–Trinajstić information content (AvgIpc) is 2.41. The van der Waals surface area contributed by atoms with Crippen LogP contribution in [0.2, 0.25) is 0 Å². The summed E-state index contributed by atoms with van der Waals surface area (Å²) >= 11 is 5.19. The number of benzene rings is 1. The molecule has 0 amide bonds. The molecule has 3 nitrogen and oxygen atoms in total. The summed E-state index contributed by atoms with van der Waals surface area (Å²) in [5.41, 5.74) is 2.34. The number of aromatic nitrogens is 2. The summed E-state index contributed by atoms with van der Waals surface area (Å²) in [5.74, 6) is 0. The van der Waals surface area contributed by atoms with Crippen molar-refractivity contribution < 1.29 is 0 Å². The summed E-state index contributed by atoms with van der Waals surface area (Å²) in [6.07, 6.45) is 3.67. The van der Waals surface area contributed by atoms with Crippen molar-refractivity contribution in [2.24, 2.45) is 0 Å². The van der Waals surface area contributed by atoms with E-state index in [1.54, 1.807) is 11.8 Å². The van der Waals surface area contributed by atoms with Crippen LogP contribution >= 0.6 is 27.7 Å². The fourth-order valence-corrected chi connectivity index (χ4v) is 2.96. The van der Waals surface area contributed by atoms with E-state index in [0.29, 0.717) is 6.04 Å². The minimum Gasteiger partial charge on any atom is -0.310 e. The van der Waals surface area contributed by atoms with Crippen molar-refractivity contribution in [2.75, 3.05) is 0 Å². The molecule has 1 N–H and O–H groups in total. The molecule has 0 saturated carbocycles. The number of aryl methyl sites for hydroxylation is 1. The normalized spacial score (nSPS) is 11.1. The Hall–Kier alpha value is -0.910. The summed E-state index contributed by atoms with van der Waals surface area (Å²) in [6.45, 7) is 7.16. The smallest absolute Gasteiger partial charge is 0.192 e. The predicted molar refractivity (Wildman–Crippen MR) is 87.0 cm³/mol. The van der Waals surface area contributed by atoms with Gasteiger partial charge in [0.05, 0.1) is 0 Å². The Bertz CT molecular complexity index is 570. The van der Waals surface area contributed by atoms with Gasteiger partial charge in [-0.2, -0.15) is 0 Å². The summed E-state index contributed by atoms with van der Waals surface area (Å²) in [4.78, 5) is 9.76. The third-order valence-electron chi connectivity index (χ3n) is 2.67. The fraction of sp³-hybridized carbons (Fsp3) is 0.333. The molecule has 0 atom stereocenters. The molecule has 2 rings (SSSR count). The Kier molecular flexibility index (Phi) is 5.57. The van der Waals surface area contributed by atoms with Crippen molar-refractivity contribution in [3.8, 4) is 0 Å². The van der Waals surface area contributed by atoms with Crippen LogP contribution < -0.4 is 5.32 Å². The van der Waals surface area contributed by atoms with E-state index in [4.69, 9.17) is 0 Å². The lowest BCUT2D eigenvalue weighted by molar-refractivity contribution is 0.588. The number of hydrogen-bond acceptors (Lipinski definition) is 4. The van der Waals surface area contributed by atoms with Gasteiger partial charge in [0, 0.05) is 34.3 Å². The van der Waals surface area contributed by atoms with E-state index < -0.39 is 0 Å². The molecule has 1 aromatic heterocycles. The zero-order valence-electron chi connectivity index (χ0n) is 11.9. The Morgan fingerprint density at radius 2 is 1.95 bits per heavy atom. The molecule has 0 aliphatic carbocycles. The molecule has 1 heterocycles. The quantitative estimate of drug-likeness (QED) is 0.819. The van der Waals surface area contributed by atoms with Gasteiger partial charge < -0.3 is 5.32 Å². The van der Waals surface area contributed by atoms with Crippen LogP contribution in [-0.4, -0.2) is 16.0 Å². The van der Waals surface area contributed by atoms with Crippen LogP contribution in [0.25, 0.3) is 0 Å². The molecular weight excluding hydrogens is 334 g/mol. The van der Waals surface area contributed by atoms with Crippen LogP contribution in [0.4, 0.5) is 0 Å². The molecule has 0 bridgehead atoms. The molecule has 5 heteroatoms. The molecule has 20 heavy (non-hydrogen) atoms. The Morgan fingerprint density at radius 1 is 1.25 bits per heavy atom. The minimum atomic E-state index is 0.490. The fourth-order valence-electron chi connectivity index (χ4n) is 1.59. The van der Waals surface area contributed by atoms with Gasteiger partial charge >= 0.3 is 0 Å². The topological polar surface area (TPSA) is 37.8 Å². The standard InChI is InChI=1S/C15H18BrN3S/c1-10(2)17-9-12-4-5-14(13(16)6-12)20-15-18-7-11(3)8-19-15/h4-8,10,17H,9H2,1-3H3. The van der Waals surface area contributed by atoms with Crippen molar-refractivity contribution >= 4 is 27.7 Å². The Morgan fingerprint density at radius 3 is 2.55 bits per heavy atom. The maximum absolute atomic E-state index is 4.32. The van der Waals surface area contributed by atoms with E-state index in [2.05, 4.69) is 63.3 Å². The highest BCUT2D eigenvalue weighted by Gasteiger charge is 2.06. The van der Waals surface area contributed by atoms with Crippen LogP contribution in [0.5, 0.6) is 0 Å². The van der Waals surface area contributed by atoms with Gasteiger partial charge in [-0.05, 0) is 57.9 Å². The van der Waals surface area contributed by atoms with E-state index in [9.17, 15) is 0 Å². The first-order chi connectivity index (χ1) is 9.54. The molecule has 0 spiro atoms. The van der Waals surface area contributed by atoms with Crippen molar-refractivity contribution in [1.29, 1.82) is 0 Å². The van der Waals surface area contributed by atoms with Crippen LogP contribution in [0, 0.1) is 6.92 Å². The van der Waals surface area contributed by atoms with Gasteiger partial charge in [0.25, 0.3) is 0 Å². The van der Waals surface area contributed by atoms with Crippen LogP contribution in [0.15, 0.2) is 45.1 Å². The lowest BCUT2D eigenvalue weighted by atomic mass is 10.2. The molecule has 1 aromatic carbocycles. The molecule has 0 fully saturated rings. The molecule has 0 unspecified atom stereocenters. The van der Waals surface area contributed by atoms with E-state index in [1.165, 1.54) is 5.56 Å². The second-order valence-corrected chi connectivity index (χ2v) is 6.81. The maximum atomic E-state index is 4.32. The highest BCUT2D eigenvalue weighted by Crippen LogP contribution is 2.32. The predicted octanol–water partition coefficient (Wildman–Crippen LogP) is 4.20. The van der Waals surface area contributed by atoms with Crippen LogP contribution in [-0.2, 0) is 6.54 Å². The minimum absolute atomic E-state index is 0.490. The summed E-state index contributed by atoms with van der Waals surface area (Å²) < 4.78 is 1.08. The van der Waals surface area contributed by atoms with Crippen LogP contribution in [0.1, 0.15) is 25.0 Å². The van der Waals surface area contributed by atoms with Gasteiger partial charge in [0.1, 0.15) is 0 Å². The van der Waals surface area contributed by atoms with Crippen molar-refractivity contribution in [3.05, 3.63) is 46.2 Å². The molecule has 0 saturated heterocycles. The van der Waals surface area contributed by atoms with Crippen molar-refractivity contribution in [1.82, 2.24) is 15.3 Å². The highest BCUT2D eigenvalue weighted by atomic mass is 79.9. The SMILES string of the molecule is Cc1cnc(Sc2ccc(CNC(C)C)cc2Br)nc1. The second-order valence-electron chi connectivity index (χ2n) is 4.95. The van der Waals surface area contributed by atoms with Crippen molar-refractivity contribution in [3.63, 3.8) is 0 Å². The third kappa shape index (κ3) is 4.58. The molecule has 0 aliphatic rings. The first-order valence-corrected chi connectivity index (χ1v) is 8.14. The van der Waals surface area contributed by atoms with Gasteiger partial charge in [-0.1, -0.05) is 19.9 Å². The maximum Gasteiger partial charge on any atom is 0.192 e. The zero-order chi connectivity index (χ0) is 14.5. The van der Waals surface area contributed by atoms with Gasteiger partial charge in [-0.25, -0.2) is 9.97 Å². The monoisotopic (exact) mass is 351 g/mol. The second kappa shape index (κ2) is 7.20. The summed E-state index contributed by atoms with van der Waals surface area (Å²) in [6, 6.07) is 6.88. The van der Waals surface area contributed by atoms with Gasteiger partial charge in [0.15, 0.2) is 5.16 Å². The van der Waals surface area contributed by atoms with E-state index in [-0.39, 0.29) is 0 Å². The number of hydrogen-bond donors (Lipinski definition) is 1. The van der Waals surface area contributed by atoms with E-state index in [1.807, 2.05) is 19.3 Å². The first kappa shape index (κ1) is 15.5.